The van der Waals surface area contributed by atoms with Crippen LogP contribution in [0, 0.1) is 9.39 Å². The Morgan fingerprint density at radius 2 is 1.89 bits per heavy atom. The van der Waals surface area contributed by atoms with Crippen LogP contribution in [0.2, 0.25) is 10.0 Å². The van der Waals surface area contributed by atoms with Crippen LogP contribution in [-0.2, 0) is 6.54 Å². The highest BCUT2D eigenvalue weighted by Gasteiger charge is 2.04. The van der Waals surface area contributed by atoms with Gasteiger partial charge < -0.3 is 5.32 Å². The lowest BCUT2D eigenvalue weighted by Crippen LogP contribution is -2.02. The van der Waals surface area contributed by atoms with Gasteiger partial charge in [-0.1, -0.05) is 23.2 Å². The summed E-state index contributed by atoms with van der Waals surface area (Å²) in [6.07, 6.45) is 0. The second-order valence-electron chi connectivity index (χ2n) is 3.71. The van der Waals surface area contributed by atoms with Crippen molar-refractivity contribution in [2.24, 2.45) is 0 Å². The first-order valence-electron chi connectivity index (χ1n) is 5.19. The highest BCUT2D eigenvalue weighted by molar-refractivity contribution is 14.1. The Morgan fingerprint density at radius 3 is 2.61 bits per heavy atom. The molecule has 0 aliphatic rings. The summed E-state index contributed by atoms with van der Waals surface area (Å²) in [6.45, 7) is 0.466. The quantitative estimate of drug-likeness (QED) is 0.690. The van der Waals surface area contributed by atoms with Crippen molar-refractivity contribution in [1.29, 1.82) is 0 Å². The number of hydrogen-bond donors (Lipinski definition) is 1. The second-order valence-corrected chi connectivity index (χ2v) is 5.72. The smallest absolute Gasteiger partial charge is 0.123 e. The van der Waals surface area contributed by atoms with Gasteiger partial charge in [0.1, 0.15) is 5.82 Å². The van der Waals surface area contributed by atoms with Crippen molar-refractivity contribution >= 4 is 51.5 Å². The average molecular weight is 396 g/mol. The molecule has 0 bridgehead atoms. The molecule has 0 saturated heterocycles. The van der Waals surface area contributed by atoms with Crippen molar-refractivity contribution < 1.29 is 4.39 Å². The van der Waals surface area contributed by atoms with Crippen LogP contribution < -0.4 is 5.32 Å². The van der Waals surface area contributed by atoms with Crippen LogP contribution in [0.3, 0.4) is 0 Å². The van der Waals surface area contributed by atoms with E-state index >= 15 is 0 Å². The summed E-state index contributed by atoms with van der Waals surface area (Å²) in [7, 11) is 0. The van der Waals surface area contributed by atoms with E-state index < -0.39 is 0 Å². The number of rotatable bonds is 3. The summed E-state index contributed by atoms with van der Waals surface area (Å²) in [6, 6.07) is 9.88. The Labute approximate surface area is 128 Å². The molecule has 0 aromatic heterocycles. The molecule has 5 heteroatoms. The predicted octanol–water partition coefficient (Wildman–Crippen LogP) is 5.35. The number of hydrogen-bond acceptors (Lipinski definition) is 1. The van der Waals surface area contributed by atoms with Crippen molar-refractivity contribution in [3.8, 4) is 0 Å². The second kappa shape index (κ2) is 6.08. The molecule has 0 unspecified atom stereocenters. The van der Waals surface area contributed by atoms with E-state index in [1.54, 1.807) is 12.1 Å². The molecule has 2 aromatic carbocycles. The van der Waals surface area contributed by atoms with Crippen molar-refractivity contribution in [2.45, 2.75) is 6.54 Å². The van der Waals surface area contributed by atoms with Gasteiger partial charge in [0.15, 0.2) is 0 Å². The van der Waals surface area contributed by atoms with Gasteiger partial charge in [-0.3, -0.25) is 0 Å². The zero-order valence-corrected chi connectivity index (χ0v) is 12.9. The van der Waals surface area contributed by atoms with Crippen LogP contribution >= 0.6 is 45.8 Å². The van der Waals surface area contributed by atoms with Crippen molar-refractivity contribution in [3.05, 3.63) is 61.4 Å². The zero-order valence-electron chi connectivity index (χ0n) is 9.18. The molecule has 0 saturated carbocycles. The van der Waals surface area contributed by atoms with Gasteiger partial charge in [0, 0.05) is 25.8 Å². The third-order valence-electron chi connectivity index (χ3n) is 2.41. The number of nitrogens with one attached hydrogen (secondary N) is 1. The molecule has 0 radical (unpaired) electrons. The van der Waals surface area contributed by atoms with Gasteiger partial charge in [-0.25, -0.2) is 4.39 Å². The summed E-state index contributed by atoms with van der Waals surface area (Å²) < 4.78 is 14.1. The molecule has 0 spiro atoms. The number of anilines is 1. The van der Waals surface area contributed by atoms with Crippen molar-refractivity contribution in [3.63, 3.8) is 0 Å². The standard InChI is InChI=1S/C13H9Cl2FIN/c14-9-1-4-13(12(17)6-9)18-7-8-5-10(16)2-3-11(8)15/h1-6,18H,7H2. The van der Waals surface area contributed by atoms with E-state index in [1.165, 1.54) is 12.1 Å². The van der Waals surface area contributed by atoms with Crippen LogP contribution in [0.5, 0.6) is 0 Å². The third-order valence-corrected chi connectivity index (χ3v) is 3.90. The molecule has 94 valence electrons. The monoisotopic (exact) mass is 395 g/mol. The van der Waals surface area contributed by atoms with Crippen LogP contribution in [0.25, 0.3) is 0 Å². The summed E-state index contributed by atoms with van der Waals surface area (Å²) in [5.41, 5.74) is 1.67. The molecular weight excluding hydrogens is 387 g/mol. The maximum absolute atomic E-state index is 13.1. The first-order valence-corrected chi connectivity index (χ1v) is 7.02. The SMILES string of the molecule is Fc1ccc(Cl)c(CNc2ccc(Cl)cc2I)c1. The highest BCUT2D eigenvalue weighted by Crippen LogP contribution is 2.24. The van der Waals surface area contributed by atoms with Crippen LogP contribution in [0.1, 0.15) is 5.56 Å². The van der Waals surface area contributed by atoms with E-state index in [4.69, 9.17) is 23.2 Å². The van der Waals surface area contributed by atoms with Gasteiger partial charge in [-0.15, -0.1) is 0 Å². The Kier molecular flexibility index (Phi) is 4.70. The summed E-state index contributed by atoms with van der Waals surface area (Å²) in [5, 5.41) is 4.44. The van der Waals surface area contributed by atoms with Gasteiger partial charge in [0.05, 0.1) is 0 Å². The molecule has 0 aliphatic carbocycles. The summed E-state index contributed by atoms with van der Waals surface area (Å²) >= 11 is 14.1. The molecule has 0 atom stereocenters. The lowest BCUT2D eigenvalue weighted by atomic mass is 10.2. The van der Waals surface area contributed by atoms with Crippen LogP contribution in [0.4, 0.5) is 10.1 Å². The van der Waals surface area contributed by atoms with Crippen LogP contribution in [-0.4, -0.2) is 0 Å². The maximum atomic E-state index is 13.1. The largest absolute Gasteiger partial charge is 0.380 e. The zero-order chi connectivity index (χ0) is 13.1. The Bertz CT molecular complexity index is 575. The molecule has 0 fully saturated rings. The predicted molar refractivity (Wildman–Crippen MR) is 82.9 cm³/mol. The summed E-state index contributed by atoms with van der Waals surface area (Å²) in [5.74, 6) is -0.290. The minimum atomic E-state index is -0.290. The fraction of sp³-hybridized carbons (Fsp3) is 0.0769. The number of halogens is 4. The fourth-order valence-electron chi connectivity index (χ4n) is 1.50. The Hall–Kier alpha value is -0.520. The van der Waals surface area contributed by atoms with E-state index in [0.717, 1.165) is 14.8 Å². The summed E-state index contributed by atoms with van der Waals surface area (Å²) in [4.78, 5) is 0. The minimum Gasteiger partial charge on any atom is -0.380 e. The normalized spacial score (nSPS) is 10.4. The minimum absolute atomic E-state index is 0.290. The highest BCUT2D eigenvalue weighted by atomic mass is 127. The van der Waals surface area contributed by atoms with Gasteiger partial charge in [-0.2, -0.15) is 0 Å². The van der Waals surface area contributed by atoms with E-state index in [0.29, 0.717) is 16.6 Å². The first-order chi connectivity index (χ1) is 8.56. The average Bonchev–Trinajstić information content (AvgIpc) is 2.32. The van der Waals surface area contributed by atoms with E-state index in [9.17, 15) is 4.39 Å². The molecule has 0 heterocycles. The molecule has 1 nitrogen and oxygen atoms in total. The van der Waals surface area contributed by atoms with Gasteiger partial charge in [0.2, 0.25) is 0 Å². The maximum Gasteiger partial charge on any atom is 0.123 e. The Balaban J connectivity index is 2.13. The van der Waals surface area contributed by atoms with Gasteiger partial charge in [0.25, 0.3) is 0 Å². The molecule has 2 aromatic rings. The Morgan fingerprint density at radius 1 is 1.11 bits per heavy atom. The molecule has 18 heavy (non-hydrogen) atoms. The first kappa shape index (κ1) is 13.9. The van der Waals surface area contributed by atoms with Crippen molar-refractivity contribution in [2.75, 3.05) is 5.32 Å². The van der Waals surface area contributed by atoms with Crippen LogP contribution in [0.15, 0.2) is 36.4 Å². The van der Waals surface area contributed by atoms with E-state index in [1.807, 2.05) is 12.1 Å². The van der Waals surface area contributed by atoms with E-state index in [2.05, 4.69) is 27.9 Å². The number of benzene rings is 2. The fourth-order valence-corrected chi connectivity index (χ4v) is 2.75. The van der Waals surface area contributed by atoms with E-state index in [-0.39, 0.29) is 5.82 Å². The molecule has 1 N–H and O–H groups in total. The molecule has 0 amide bonds. The molecular formula is C13H9Cl2FIN. The molecule has 0 aliphatic heterocycles. The third kappa shape index (κ3) is 3.49. The van der Waals surface area contributed by atoms with Gasteiger partial charge >= 0.3 is 0 Å². The lowest BCUT2D eigenvalue weighted by Gasteiger charge is -2.10. The van der Waals surface area contributed by atoms with Crippen molar-refractivity contribution in [1.82, 2.24) is 0 Å². The lowest BCUT2D eigenvalue weighted by molar-refractivity contribution is 0.626. The topological polar surface area (TPSA) is 12.0 Å². The van der Waals surface area contributed by atoms with Gasteiger partial charge in [-0.05, 0) is 64.6 Å². The molecule has 2 rings (SSSR count).